The number of anilines is 1. The molecule has 1 amide bonds. The SMILES string of the molecule is CN(C)c1ccc(-c2oc(-c3ccccc3-c3ccccc3)nc2C(=O)NCc2ccccc2)cc1. The van der Waals surface area contributed by atoms with Gasteiger partial charge in [0.1, 0.15) is 0 Å². The zero-order valence-electron chi connectivity index (χ0n) is 20.3. The highest BCUT2D eigenvalue weighted by Crippen LogP contribution is 2.36. The average molecular weight is 474 g/mol. The number of hydrogen-bond acceptors (Lipinski definition) is 4. The number of oxazole rings is 1. The van der Waals surface area contributed by atoms with Crippen LogP contribution in [-0.2, 0) is 6.54 Å². The minimum absolute atomic E-state index is 0.265. The first-order valence-corrected chi connectivity index (χ1v) is 11.9. The second-order valence-electron chi connectivity index (χ2n) is 8.72. The van der Waals surface area contributed by atoms with Crippen molar-refractivity contribution in [3.05, 3.63) is 120 Å². The summed E-state index contributed by atoms with van der Waals surface area (Å²) in [5, 5.41) is 3.00. The number of amides is 1. The fourth-order valence-corrected chi connectivity index (χ4v) is 4.10. The Balaban J connectivity index is 1.56. The van der Waals surface area contributed by atoms with E-state index in [1.807, 2.05) is 116 Å². The molecule has 0 atom stereocenters. The number of carbonyl (C=O) groups excluding carboxylic acids is 1. The minimum atomic E-state index is -0.280. The van der Waals surface area contributed by atoms with Crippen LogP contribution in [0.3, 0.4) is 0 Å². The Morgan fingerprint density at radius 1 is 0.750 bits per heavy atom. The minimum Gasteiger partial charge on any atom is -0.435 e. The van der Waals surface area contributed by atoms with E-state index in [1.165, 1.54) is 0 Å². The van der Waals surface area contributed by atoms with Gasteiger partial charge in [-0.05, 0) is 47.0 Å². The molecule has 0 spiro atoms. The third-order valence-corrected chi connectivity index (χ3v) is 6.03. The van der Waals surface area contributed by atoms with Gasteiger partial charge >= 0.3 is 0 Å². The van der Waals surface area contributed by atoms with E-state index in [-0.39, 0.29) is 11.6 Å². The van der Waals surface area contributed by atoms with Crippen LogP contribution in [0.25, 0.3) is 33.9 Å². The molecular weight excluding hydrogens is 446 g/mol. The van der Waals surface area contributed by atoms with Gasteiger partial charge in [0, 0.05) is 37.5 Å². The summed E-state index contributed by atoms with van der Waals surface area (Å²) in [4.78, 5) is 20.1. The lowest BCUT2D eigenvalue weighted by Gasteiger charge is -2.12. The zero-order valence-corrected chi connectivity index (χ0v) is 20.3. The molecule has 5 aromatic rings. The van der Waals surface area contributed by atoms with Crippen molar-refractivity contribution >= 4 is 11.6 Å². The lowest BCUT2D eigenvalue weighted by molar-refractivity contribution is 0.0947. The normalized spacial score (nSPS) is 10.7. The maximum Gasteiger partial charge on any atom is 0.274 e. The standard InChI is InChI=1S/C31H27N3O2/c1-34(2)25-19-17-24(18-20-25)29-28(30(35)32-21-22-11-5-3-6-12-22)33-31(36-29)27-16-10-9-15-26(27)23-13-7-4-8-14-23/h3-20H,21H2,1-2H3,(H,32,35). The van der Waals surface area contributed by atoms with Gasteiger partial charge in [-0.15, -0.1) is 0 Å². The molecule has 5 nitrogen and oxygen atoms in total. The number of carbonyl (C=O) groups is 1. The summed E-state index contributed by atoms with van der Waals surface area (Å²) in [6.45, 7) is 0.404. The van der Waals surface area contributed by atoms with Crippen LogP contribution in [0, 0.1) is 0 Å². The Bertz CT molecular complexity index is 1460. The van der Waals surface area contributed by atoms with Crippen LogP contribution in [0.1, 0.15) is 16.1 Å². The predicted molar refractivity (Wildman–Crippen MR) is 145 cm³/mol. The number of rotatable bonds is 7. The molecule has 4 aromatic carbocycles. The van der Waals surface area contributed by atoms with Crippen molar-refractivity contribution < 1.29 is 9.21 Å². The summed E-state index contributed by atoms with van der Waals surface area (Å²) in [5.74, 6) is 0.576. The molecule has 1 N–H and O–H groups in total. The monoisotopic (exact) mass is 473 g/mol. The Kier molecular flexibility index (Phi) is 6.63. The van der Waals surface area contributed by atoms with Gasteiger partial charge in [0.05, 0.1) is 0 Å². The van der Waals surface area contributed by atoms with Crippen LogP contribution in [0.4, 0.5) is 5.69 Å². The van der Waals surface area contributed by atoms with Gasteiger partial charge in [-0.25, -0.2) is 4.98 Å². The summed E-state index contributed by atoms with van der Waals surface area (Å²) in [7, 11) is 3.98. The molecule has 0 aliphatic carbocycles. The first-order chi connectivity index (χ1) is 17.6. The summed E-state index contributed by atoms with van der Waals surface area (Å²) >= 11 is 0. The molecule has 1 heterocycles. The van der Waals surface area contributed by atoms with Crippen molar-refractivity contribution in [2.45, 2.75) is 6.54 Å². The third-order valence-electron chi connectivity index (χ3n) is 6.03. The summed E-state index contributed by atoms with van der Waals surface area (Å²) in [6, 6.07) is 35.8. The summed E-state index contributed by atoms with van der Waals surface area (Å²) in [6.07, 6.45) is 0. The fourth-order valence-electron chi connectivity index (χ4n) is 4.10. The van der Waals surface area contributed by atoms with Gasteiger partial charge < -0.3 is 14.6 Å². The molecule has 0 fully saturated rings. The second kappa shape index (κ2) is 10.3. The lowest BCUT2D eigenvalue weighted by atomic mass is 10.00. The largest absolute Gasteiger partial charge is 0.435 e. The van der Waals surface area contributed by atoms with Crippen LogP contribution >= 0.6 is 0 Å². The van der Waals surface area contributed by atoms with Crippen molar-refractivity contribution in [3.8, 4) is 33.9 Å². The molecule has 36 heavy (non-hydrogen) atoms. The molecule has 0 saturated heterocycles. The Morgan fingerprint density at radius 2 is 1.36 bits per heavy atom. The number of benzene rings is 4. The van der Waals surface area contributed by atoms with Crippen molar-refractivity contribution in [2.75, 3.05) is 19.0 Å². The number of nitrogens with one attached hydrogen (secondary N) is 1. The number of aromatic nitrogens is 1. The highest BCUT2D eigenvalue weighted by atomic mass is 16.4. The zero-order chi connectivity index (χ0) is 24.9. The Hall–Kier alpha value is -4.64. The highest BCUT2D eigenvalue weighted by Gasteiger charge is 2.23. The van der Waals surface area contributed by atoms with Gasteiger partial charge in [-0.1, -0.05) is 78.9 Å². The van der Waals surface area contributed by atoms with Crippen molar-refractivity contribution in [1.29, 1.82) is 0 Å². The number of nitrogens with zero attached hydrogens (tertiary/aromatic N) is 2. The van der Waals surface area contributed by atoms with Crippen LogP contribution in [0.15, 0.2) is 114 Å². The second-order valence-corrected chi connectivity index (χ2v) is 8.72. The summed E-state index contributed by atoms with van der Waals surface area (Å²) < 4.78 is 6.34. The van der Waals surface area contributed by atoms with Gasteiger partial charge in [-0.2, -0.15) is 0 Å². The first kappa shape index (κ1) is 23.1. The molecule has 1 aromatic heterocycles. The maximum absolute atomic E-state index is 13.3. The van der Waals surface area contributed by atoms with Crippen molar-refractivity contribution in [2.24, 2.45) is 0 Å². The fraction of sp³-hybridized carbons (Fsp3) is 0.0968. The predicted octanol–water partition coefficient (Wildman–Crippen LogP) is 6.67. The lowest BCUT2D eigenvalue weighted by Crippen LogP contribution is -2.23. The highest BCUT2D eigenvalue weighted by molar-refractivity contribution is 5.98. The molecular formula is C31H27N3O2. The van der Waals surface area contributed by atoms with E-state index in [2.05, 4.69) is 17.4 Å². The van der Waals surface area contributed by atoms with E-state index in [1.54, 1.807) is 0 Å². The van der Waals surface area contributed by atoms with Crippen molar-refractivity contribution in [1.82, 2.24) is 10.3 Å². The van der Waals surface area contributed by atoms with Crippen molar-refractivity contribution in [3.63, 3.8) is 0 Å². The van der Waals surface area contributed by atoms with E-state index in [4.69, 9.17) is 9.40 Å². The molecule has 5 heteroatoms. The molecule has 5 rings (SSSR count). The maximum atomic E-state index is 13.3. The molecule has 0 aliphatic heterocycles. The van der Waals surface area contributed by atoms with E-state index in [0.717, 1.165) is 33.5 Å². The van der Waals surface area contributed by atoms with E-state index < -0.39 is 0 Å². The van der Waals surface area contributed by atoms with E-state index >= 15 is 0 Å². The van der Waals surface area contributed by atoms with Crippen LogP contribution in [0.5, 0.6) is 0 Å². The van der Waals surface area contributed by atoms with Gasteiger partial charge in [0.25, 0.3) is 5.91 Å². The molecule has 0 bridgehead atoms. The van der Waals surface area contributed by atoms with E-state index in [9.17, 15) is 4.79 Å². The topological polar surface area (TPSA) is 58.4 Å². The van der Waals surface area contributed by atoms with Gasteiger partial charge in [0.15, 0.2) is 11.5 Å². The molecule has 0 saturated carbocycles. The van der Waals surface area contributed by atoms with Crippen LogP contribution in [-0.4, -0.2) is 25.0 Å². The summed E-state index contributed by atoms with van der Waals surface area (Å²) in [5.41, 5.74) is 6.01. The smallest absolute Gasteiger partial charge is 0.274 e. The Labute approximate surface area is 211 Å². The quantitative estimate of drug-likeness (QED) is 0.287. The van der Waals surface area contributed by atoms with Crippen LogP contribution < -0.4 is 10.2 Å². The first-order valence-electron chi connectivity index (χ1n) is 11.9. The molecule has 0 radical (unpaired) electrons. The molecule has 0 unspecified atom stereocenters. The third kappa shape index (κ3) is 4.91. The number of hydrogen-bond donors (Lipinski definition) is 1. The average Bonchev–Trinajstić information content (AvgIpc) is 3.38. The van der Waals surface area contributed by atoms with Gasteiger partial charge in [-0.3, -0.25) is 4.79 Å². The molecule has 0 aliphatic rings. The van der Waals surface area contributed by atoms with E-state index in [0.29, 0.717) is 18.2 Å². The van der Waals surface area contributed by atoms with Gasteiger partial charge in [0.2, 0.25) is 5.89 Å². The molecule has 178 valence electrons. The van der Waals surface area contributed by atoms with Crippen LogP contribution in [0.2, 0.25) is 0 Å². The Morgan fingerprint density at radius 3 is 2.03 bits per heavy atom.